The van der Waals surface area contributed by atoms with Crippen LogP contribution in [-0.2, 0) is 13.1 Å². The predicted molar refractivity (Wildman–Crippen MR) is 103 cm³/mol. The summed E-state index contributed by atoms with van der Waals surface area (Å²) in [5.74, 6) is -0.290. The van der Waals surface area contributed by atoms with Gasteiger partial charge in [-0.15, -0.1) is 11.3 Å². The number of rotatable bonds is 3. The van der Waals surface area contributed by atoms with Crippen molar-refractivity contribution in [3.63, 3.8) is 0 Å². The highest BCUT2D eigenvalue weighted by atomic mass is 32.1. The molecule has 3 aromatic rings. The molecule has 1 atom stereocenters. The maximum atomic E-state index is 12.9. The van der Waals surface area contributed by atoms with Gasteiger partial charge >= 0.3 is 0 Å². The number of nitrogens with zero attached hydrogens (tertiary/aromatic N) is 3. The lowest BCUT2D eigenvalue weighted by Gasteiger charge is -2.33. The van der Waals surface area contributed by atoms with Gasteiger partial charge in [-0.05, 0) is 36.4 Å². The molecule has 0 bridgehead atoms. The van der Waals surface area contributed by atoms with Gasteiger partial charge in [-0.3, -0.25) is 14.5 Å². The van der Waals surface area contributed by atoms with E-state index in [1.807, 2.05) is 12.1 Å². The highest BCUT2D eigenvalue weighted by Gasteiger charge is 2.26. The molecule has 26 heavy (non-hydrogen) atoms. The van der Waals surface area contributed by atoms with Crippen LogP contribution in [0.5, 0.6) is 0 Å². The van der Waals surface area contributed by atoms with Gasteiger partial charge < -0.3 is 5.32 Å². The molecule has 3 heterocycles. The van der Waals surface area contributed by atoms with Crippen LogP contribution in [0.4, 0.5) is 0 Å². The zero-order chi connectivity index (χ0) is 18.3. The molecule has 0 saturated heterocycles. The number of amides is 1. The molecule has 1 N–H and O–H groups in total. The number of hydrogen-bond acceptors (Lipinski definition) is 5. The van der Waals surface area contributed by atoms with Gasteiger partial charge in [0.1, 0.15) is 0 Å². The molecule has 0 fully saturated rings. The third-order valence-electron chi connectivity index (χ3n) is 5.03. The summed E-state index contributed by atoms with van der Waals surface area (Å²) in [5.41, 5.74) is 1.43. The van der Waals surface area contributed by atoms with Gasteiger partial charge in [0.2, 0.25) is 0 Å². The summed E-state index contributed by atoms with van der Waals surface area (Å²) in [6.07, 6.45) is 0.974. The van der Waals surface area contributed by atoms with Crippen molar-refractivity contribution in [1.29, 1.82) is 0 Å². The van der Waals surface area contributed by atoms with Crippen molar-refractivity contribution < 1.29 is 4.79 Å². The third-order valence-corrected chi connectivity index (χ3v) is 6.03. The molecule has 4 rings (SSSR count). The first kappa shape index (κ1) is 16.9. The highest BCUT2D eigenvalue weighted by Crippen LogP contribution is 2.32. The molecule has 0 saturated carbocycles. The molecule has 0 unspecified atom stereocenters. The Labute approximate surface area is 155 Å². The Hall–Kier alpha value is -2.51. The first-order valence-corrected chi connectivity index (χ1v) is 9.50. The second-order valence-corrected chi connectivity index (χ2v) is 7.46. The monoisotopic (exact) mass is 368 g/mol. The van der Waals surface area contributed by atoms with Gasteiger partial charge in [0.15, 0.2) is 5.69 Å². The number of carbonyl (C=O) groups is 1. The Morgan fingerprint density at radius 3 is 2.85 bits per heavy atom. The van der Waals surface area contributed by atoms with Crippen molar-refractivity contribution in [2.24, 2.45) is 0 Å². The fourth-order valence-corrected chi connectivity index (χ4v) is 4.51. The summed E-state index contributed by atoms with van der Waals surface area (Å²) < 4.78 is 1.42. The van der Waals surface area contributed by atoms with Crippen molar-refractivity contribution in [2.45, 2.75) is 26.1 Å². The number of nitrogens with one attached hydrogen (secondary N) is 1. The Morgan fingerprint density at radius 1 is 1.31 bits per heavy atom. The maximum absolute atomic E-state index is 12.9. The summed E-state index contributed by atoms with van der Waals surface area (Å²) in [6, 6.07) is 9.50. The molecule has 1 aromatic carbocycles. The Kier molecular flexibility index (Phi) is 4.34. The lowest BCUT2D eigenvalue weighted by atomic mass is 10.0. The quantitative estimate of drug-likeness (QED) is 0.771. The van der Waals surface area contributed by atoms with Crippen LogP contribution in [0.15, 0.2) is 40.5 Å². The summed E-state index contributed by atoms with van der Waals surface area (Å²) in [6.45, 7) is 3.38. The molecule has 2 aromatic heterocycles. The molecule has 0 radical (unpaired) electrons. The van der Waals surface area contributed by atoms with Crippen molar-refractivity contribution in [2.75, 3.05) is 13.6 Å². The van der Waals surface area contributed by atoms with E-state index in [0.29, 0.717) is 17.4 Å². The topological polar surface area (TPSA) is 67.2 Å². The van der Waals surface area contributed by atoms with Crippen LogP contribution in [0, 0.1) is 0 Å². The number of thiophene rings is 1. The summed E-state index contributed by atoms with van der Waals surface area (Å²) in [5, 5.41) is 10.2. The van der Waals surface area contributed by atoms with Gasteiger partial charge in [0, 0.05) is 29.9 Å². The van der Waals surface area contributed by atoms with E-state index in [2.05, 4.69) is 33.7 Å². The van der Waals surface area contributed by atoms with Crippen molar-refractivity contribution in [1.82, 2.24) is 20.0 Å². The van der Waals surface area contributed by atoms with Crippen LogP contribution in [0.3, 0.4) is 0 Å². The minimum Gasteiger partial charge on any atom is -0.354 e. The van der Waals surface area contributed by atoms with Crippen LogP contribution in [0.25, 0.3) is 10.8 Å². The number of carbonyl (C=O) groups excluding carboxylic acids is 1. The Bertz CT molecular complexity index is 1040. The summed E-state index contributed by atoms with van der Waals surface area (Å²) >= 11 is 1.79. The van der Waals surface area contributed by atoms with Gasteiger partial charge in [-0.2, -0.15) is 5.10 Å². The van der Waals surface area contributed by atoms with Crippen molar-refractivity contribution in [3.8, 4) is 0 Å². The normalized spacial score (nSPS) is 17.2. The molecule has 0 spiro atoms. The lowest BCUT2D eigenvalue weighted by molar-refractivity contribution is 0.0953. The highest BCUT2D eigenvalue weighted by molar-refractivity contribution is 7.10. The average Bonchev–Trinajstić information content (AvgIpc) is 3.15. The number of fused-ring (bicyclic) bond motifs is 2. The minimum absolute atomic E-state index is 0.170. The average molecular weight is 368 g/mol. The molecule has 0 aliphatic carbocycles. The van der Waals surface area contributed by atoms with E-state index in [1.165, 1.54) is 15.1 Å². The Morgan fingerprint density at radius 2 is 2.08 bits per heavy atom. The molecular weight excluding hydrogens is 348 g/mol. The van der Waals surface area contributed by atoms with Crippen molar-refractivity contribution >= 4 is 28.0 Å². The second kappa shape index (κ2) is 6.66. The van der Waals surface area contributed by atoms with Crippen LogP contribution < -0.4 is 10.9 Å². The fourth-order valence-electron chi connectivity index (χ4n) is 3.54. The third kappa shape index (κ3) is 2.73. The van der Waals surface area contributed by atoms with E-state index in [0.717, 1.165) is 13.0 Å². The van der Waals surface area contributed by atoms with Gasteiger partial charge in [0.05, 0.1) is 12.1 Å². The number of aromatic nitrogens is 2. The maximum Gasteiger partial charge on any atom is 0.275 e. The zero-order valence-electron chi connectivity index (χ0n) is 14.7. The van der Waals surface area contributed by atoms with Crippen LogP contribution >= 0.6 is 11.3 Å². The molecule has 6 nitrogen and oxygen atoms in total. The number of hydrogen-bond donors (Lipinski definition) is 1. The zero-order valence-corrected chi connectivity index (χ0v) is 15.5. The minimum atomic E-state index is -0.290. The van der Waals surface area contributed by atoms with E-state index in [4.69, 9.17) is 0 Å². The van der Waals surface area contributed by atoms with E-state index < -0.39 is 0 Å². The standard InChI is InChI=1S/C19H20N4O2S/c1-12-13-8-10-26-16(13)7-9-22(12)11-23-19(25)15-6-4-3-5-14(15)17(21-23)18(24)20-2/h3-6,8,10,12H,7,9,11H2,1-2H3,(H,20,24)/t12-/m1/s1. The van der Waals surface area contributed by atoms with E-state index >= 15 is 0 Å². The smallest absolute Gasteiger partial charge is 0.275 e. The first-order valence-electron chi connectivity index (χ1n) is 8.62. The molecular formula is C19H20N4O2S. The first-order chi connectivity index (χ1) is 12.6. The SMILES string of the molecule is CNC(=O)c1nn(CN2CCc3sccc3[C@H]2C)c(=O)c2ccccc12. The van der Waals surface area contributed by atoms with Gasteiger partial charge in [-0.25, -0.2) is 4.68 Å². The summed E-state index contributed by atoms with van der Waals surface area (Å²) in [4.78, 5) is 28.8. The van der Waals surface area contributed by atoms with E-state index in [9.17, 15) is 9.59 Å². The summed E-state index contributed by atoms with van der Waals surface area (Å²) in [7, 11) is 1.57. The van der Waals surface area contributed by atoms with Crippen molar-refractivity contribution in [3.05, 3.63) is 62.2 Å². The van der Waals surface area contributed by atoms with Crippen LogP contribution in [0.2, 0.25) is 0 Å². The van der Waals surface area contributed by atoms with E-state index in [1.54, 1.807) is 30.5 Å². The van der Waals surface area contributed by atoms with Crippen LogP contribution in [0.1, 0.15) is 33.9 Å². The fraction of sp³-hybridized carbons (Fsp3) is 0.316. The molecule has 1 aliphatic heterocycles. The van der Waals surface area contributed by atoms with Gasteiger partial charge in [-0.1, -0.05) is 18.2 Å². The number of benzene rings is 1. The molecule has 134 valence electrons. The molecule has 1 aliphatic rings. The lowest BCUT2D eigenvalue weighted by Crippen LogP contribution is -2.39. The molecule has 1 amide bonds. The largest absolute Gasteiger partial charge is 0.354 e. The van der Waals surface area contributed by atoms with E-state index in [-0.39, 0.29) is 23.2 Å². The Balaban J connectivity index is 1.76. The van der Waals surface area contributed by atoms with Gasteiger partial charge in [0.25, 0.3) is 11.5 Å². The van der Waals surface area contributed by atoms with Crippen LogP contribution in [-0.4, -0.2) is 34.2 Å². The second-order valence-electron chi connectivity index (χ2n) is 6.46. The molecule has 7 heteroatoms. The predicted octanol–water partition coefficient (Wildman–Crippen LogP) is 2.39.